The van der Waals surface area contributed by atoms with Crippen LogP contribution in [0.5, 0.6) is 0 Å². The molecule has 0 bridgehead atoms. The van der Waals surface area contributed by atoms with Crippen LogP contribution in [-0.4, -0.2) is 52.7 Å². The second-order valence-electron chi connectivity index (χ2n) is 4.58. The van der Waals surface area contributed by atoms with Gasteiger partial charge in [-0.25, -0.2) is 0 Å². The number of nitrogens with one attached hydrogen (secondary N) is 2. The SMILES string of the molecule is CC(NC(=O)C(CO)NC(=O)C(N)C(C)C)C(=O)O. The van der Waals surface area contributed by atoms with E-state index in [0.29, 0.717) is 0 Å². The van der Waals surface area contributed by atoms with E-state index in [9.17, 15) is 14.4 Å². The predicted molar refractivity (Wildman–Crippen MR) is 67.1 cm³/mol. The van der Waals surface area contributed by atoms with E-state index in [1.165, 1.54) is 6.92 Å². The summed E-state index contributed by atoms with van der Waals surface area (Å²) in [5, 5.41) is 22.1. The summed E-state index contributed by atoms with van der Waals surface area (Å²) >= 11 is 0. The van der Waals surface area contributed by atoms with E-state index in [2.05, 4.69) is 10.6 Å². The van der Waals surface area contributed by atoms with Gasteiger partial charge in [-0.05, 0) is 12.8 Å². The largest absolute Gasteiger partial charge is 0.480 e. The number of rotatable bonds is 7. The maximum Gasteiger partial charge on any atom is 0.325 e. The molecule has 2 amide bonds. The van der Waals surface area contributed by atoms with Crippen molar-refractivity contribution in [3.8, 4) is 0 Å². The quantitative estimate of drug-likeness (QED) is 0.365. The minimum absolute atomic E-state index is 0.125. The zero-order chi connectivity index (χ0) is 15.2. The average Bonchev–Trinajstić information content (AvgIpc) is 2.33. The lowest BCUT2D eigenvalue weighted by molar-refractivity contribution is -0.142. The van der Waals surface area contributed by atoms with Gasteiger partial charge in [0, 0.05) is 0 Å². The number of nitrogens with two attached hydrogens (primary N) is 1. The topological polar surface area (TPSA) is 142 Å². The van der Waals surface area contributed by atoms with Crippen LogP contribution in [0.1, 0.15) is 20.8 Å². The molecule has 0 aliphatic rings. The molecule has 3 unspecified atom stereocenters. The van der Waals surface area contributed by atoms with Crippen LogP contribution in [0.25, 0.3) is 0 Å². The molecule has 0 saturated heterocycles. The lowest BCUT2D eigenvalue weighted by atomic mass is 10.0. The summed E-state index contributed by atoms with van der Waals surface area (Å²) < 4.78 is 0. The Morgan fingerprint density at radius 1 is 1.11 bits per heavy atom. The third-order valence-corrected chi connectivity index (χ3v) is 2.57. The Balaban J connectivity index is 4.54. The maximum atomic E-state index is 11.6. The van der Waals surface area contributed by atoms with E-state index >= 15 is 0 Å². The van der Waals surface area contributed by atoms with Gasteiger partial charge in [-0.15, -0.1) is 0 Å². The molecular weight excluding hydrogens is 254 g/mol. The van der Waals surface area contributed by atoms with Crippen LogP contribution in [0, 0.1) is 5.92 Å². The number of hydrogen-bond acceptors (Lipinski definition) is 5. The molecule has 0 aliphatic heterocycles. The number of aliphatic hydroxyl groups is 1. The second kappa shape index (κ2) is 7.70. The molecule has 0 fully saturated rings. The molecule has 110 valence electrons. The highest BCUT2D eigenvalue weighted by atomic mass is 16.4. The van der Waals surface area contributed by atoms with Gasteiger partial charge < -0.3 is 26.6 Å². The highest BCUT2D eigenvalue weighted by Crippen LogP contribution is 1.99. The Labute approximate surface area is 111 Å². The normalized spacial score (nSPS) is 15.5. The van der Waals surface area contributed by atoms with Gasteiger partial charge in [0.2, 0.25) is 11.8 Å². The third kappa shape index (κ3) is 5.66. The van der Waals surface area contributed by atoms with Crippen LogP contribution in [0.15, 0.2) is 0 Å². The number of amides is 2. The average molecular weight is 275 g/mol. The first-order chi connectivity index (χ1) is 8.70. The fourth-order valence-corrected chi connectivity index (χ4v) is 1.14. The summed E-state index contributed by atoms with van der Waals surface area (Å²) in [6.07, 6.45) is 0. The number of hydrogen-bond donors (Lipinski definition) is 5. The van der Waals surface area contributed by atoms with Crippen molar-refractivity contribution in [1.82, 2.24) is 10.6 Å². The van der Waals surface area contributed by atoms with E-state index in [1.807, 2.05) is 0 Å². The fourth-order valence-electron chi connectivity index (χ4n) is 1.14. The standard InChI is InChI=1S/C11H21N3O5/c1-5(2)8(12)10(17)14-7(4-15)9(16)13-6(3)11(18)19/h5-8,15H,4,12H2,1-3H3,(H,13,16)(H,14,17)(H,18,19). The van der Waals surface area contributed by atoms with Gasteiger partial charge >= 0.3 is 5.97 Å². The molecule has 0 heterocycles. The van der Waals surface area contributed by atoms with E-state index in [-0.39, 0.29) is 5.92 Å². The summed E-state index contributed by atoms with van der Waals surface area (Å²) in [5.41, 5.74) is 5.59. The van der Waals surface area contributed by atoms with Gasteiger partial charge in [0.15, 0.2) is 0 Å². The summed E-state index contributed by atoms with van der Waals surface area (Å²) in [4.78, 5) is 33.8. The van der Waals surface area contributed by atoms with Crippen molar-refractivity contribution in [1.29, 1.82) is 0 Å². The molecule has 6 N–H and O–H groups in total. The van der Waals surface area contributed by atoms with Gasteiger partial charge in [-0.2, -0.15) is 0 Å². The van der Waals surface area contributed by atoms with E-state index < -0.39 is 42.5 Å². The van der Waals surface area contributed by atoms with E-state index in [4.69, 9.17) is 15.9 Å². The fraction of sp³-hybridized carbons (Fsp3) is 0.727. The molecule has 0 aromatic carbocycles. The molecule has 0 aliphatic carbocycles. The van der Waals surface area contributed by atoms with Crippen molar-refractivity contribution in [3.63, 3.8) is 0 Å². The molecule has 0 aromatic heterocycles. The molecular formula is C11H21N3O5. The first kappa shape index (κ1) is 17.3. The minimum atomic E-state index is -1.22. The van der Waals surface area contributed by atoms with Gasteiger partial charge in [0.05, 0.1) is 12.6 Å². The minimum Gasteiger partial charge on any atom is -0.480 e. The lowest BCUT2D eigenvalue weighted by Gasteiger charge is -2.21. The molecule has 3 atom stereocenters. The molecule has 8 heteroatoms. The Hall–Kier alpha value is -1.67. The summed E-state index contributed by atoms with van der Waals surface area (Å²) in [6.45, 7) is 4.11. The van der Waals surface area contributed by atoms with Crippen LogP contribution in [0.2, 0.25) is 0 Å². The predicted octanol–water partition coefficient (Wildman–Crippen LogP) is -1.96. The van der Waals surface area contributed by atoms with Crippen LogP contribution in [0.3, 0.4) is 0 Å². The van der Waals surface area contributed by atoms with Gasteiger partial charge in [0.25, 0.3) is 0 Å². The Morgan fingerprint density at radius 3 is 2.00 bits per heavy atom. The molecule has 0 radical (unpaired) electrons. The zero-order valence-corrected chi connectivity index (χ0v) is 11.2. The van der Waals surface area contributed by atoms with Crippen molar-refractivity contribution < 1.29 is 24.6 Å². The van der Waals surface area contributed by atoms with Crippen LogP contribution < -0.4 is 16.4 Å². The van der Waals surface area contributed by atoms with Crippen molar-refractivity contribution in [3.05, 3.63) is 0 Å². The number of aliphatic carboxylic acids is 1. The molecule has 8 nitrogen and oxygen atoms in total. The summed E-state index contributed by atoms with van der Waals surface area (Å²) in [7, 11) is 0. The van der Waals surface area contributed by atoms with Crippen LogP contribution >= 0.6 is 0 Å². The monoisotopic (exact) mass is 275 g/mol. The van der Waals surface area contributed by atoms with Gasteiger partial charge in [-0.1, -0.05) is 13.8 Å². The Kier molecular flexibility index (Phi) is 7.02. The van der Waals surface area contributed by atoms with Gasteiger partial charge in [0.1, 0.15) is 12.1 Å². The smallest absolute Gasteiger partial charge is 0.325 e. The first-order valence-electron chi connectivity index (χ1n) is 5.90. The zero-order valence-electron chi connectivity index (χ0n) is 11.2. The second-order valence-corrected chi connectivity index (χ2v) is 4.58. The van der Waals surface area contributed by atoms with Crippen LogP contribution in [-0.2, 0) is 14.4 Å². The summed E-state index contributed by atoms with van der Waals surface area (Å²) in [6, 6.07) is -3.14. The van der Waals surface area contributed by atoms with Crippen molar-refractivity contribution >= 4 is 17.8 Å². The third-order valence-electron chi connectivity index (χ3n) is 2.57. The highest BCUT2D eigenvalue weighted by Gasteiger charge is 2.26. The molecule has 0 rings (SSSR count). The number of carboxylic acid groups (broad SMARTS) is 1. The van der Waals surface area contributed by atoms with Crippen molar-refractivity contribution in [2.24, 2.45) is 11.7 Å². The van der Waals surface area contributed by atoms with Crippen LogP contribution in [0.4, 0.5) is 0 Å². The molecule has 0 spiro atoms. The summed E-state index contributed by atoms with van der Waals surface area (Å²) in [5.74, 6) is -2.69. The number of carbonyl (C=O) groups excluding carboxylic acids is 2. The lowest BCUT2D eigenvalue weighted by Crippen LogP contribution is -2.56. The van der Waals surface area contributed by atoms with Gasteiger partial charge in [-0.3, -0.25) is 14.4 Å². The number of carbonyl (C=O) groups is 3. The Bertz CT molecular complexity index is 345. The number of carboxylic acids is 1. The molecule has 0 saturated carbocycles. The highest BCUT2D eigenvalue weighted by molar-refractivity contribution is 5.91. The first-order valence-corrected chi connectivity index (χ1v) is 5.90. The van der Waals surface area contributed by atoms with E-state index in [0.717, 1.165) is 0 Å². The van der Waals surface area contributed by atoms with Crippen molar-refractivity contribution in [2.45, 2.75) is 38.9 Å². The van der Waals surface area contributed by atoms with Crippen molar-refractivity contribution in [2.75, 3.05) is 6.61 Å². The number of aliphatic hydroxyl groups excluding tert-OH is 1. The maximum absolute atomic E-state index is 11.6. The molecule has 0 aromatic rings. The molecule has 19 heavy (non-hydrogen) atoms. The van der Waals surface area contributed by atoms with E-state index in [1.54, 1.807) is 13.8 Å². The Morgan fingerprint density at radius 2 is 1.63 bits per heavy atom.